The van der Waals surface area contributed by atoms with Crippen LogP contribution in [0.25, 0.3) is 0 Å². The summed E-state index contributed by atoms with van der Waals surface area (Å²) in [6, 6.07) is 7.77. The highest BCUT2D eigenvalue weighted by atomic mass is 35.5. The predicted octanol–water partition coefficient (Wildman–Crippen LogP) is 1.97. The number of hydrogen-bond acceptors (Lipinski definition) is 3. The second-order valence-corrected chi connectivity index (χ2v) is 7.10. The van der Waals surface area contributed by atoms with Gasteiger partial charge < -0.3 is 15.5 Å². The smallest absolute Gasteiger partial charge is 0.245 e. The zero-order chi connectivity index (χ0) is 17.3. The summed E-state index contributed by atoms with van der Waals surface area (Å²) in [6.45, 7) is 5.77. The number of halogens is 1. The van der Waals surface area contributed by atoms with Crippen LogP contribution in [0.1, 0.15) is 37.8 Å². The fourth-order valence-electron chi connectivity index (χ4n) is 3.63. The molecule has 6 heteroatoms. The van der Waals surface area contributed by atoms with E-state index in [1.807, 2.05) is 30.9 Å². The van der Waals surface area contributed by atoms with E-state index >= 15 is 0 Å². The van der Waals surface area contributed by atoms with Crippen molar-refractivity contribution >= 4 is 24.2 Å². The van der Waals surface area contributed by atoms with E-state index < -0.39 is 6.04 Å². The van der Waals surface area contributed by atoms with Crippen molar-refractivity contribution in [3.8, 4) is 0 Å². The van der Waals surface area contributed by atoms with Gasteiger partial charge in [0.2, 0.25) is 11.8 Å². The van der Waals surface area contributed by atoms with Crippen molar-refractivity contribution < 1.29 is 9.59 Å². The van der Waals surface area contributed by atoms with Gasteiger partial charge in [-0.3, -0.25) is 9.59 Å². The molecule has 2 heterocycles. The number of amides is 2. The van der Waals surface area contributed by atoms with Gasteiger partial charge in [-0.15, -0.1) is 12.4 Å². The first-order chi connectivity index (χ1) is 11.5. The Morgan fingerprint density at radius 1 is 1.28 bits per heavy atom. The number of nitrogens with zero attached hydrogens (tertiary/aromatic N) is 2. The quantitative estimate of drug-likeness (QED) is 0.890. The first-order valence-corrected chi connectivity index (χ1v) is 8.92. The molecule has 138 valence electrons. The molecule has 0 aliphatic carbocycles. The number of carbonyl (C=O) groups excluding carboxylic acids is 2. The van der Waals surface area contributed by atoms with E-state index in [4.69, 9.17) is 5.73 Å². The van der Waals surface area contributed by atoms with Gasteiger partial charge in [0.1, 0.15) is 6.04 Å². The van der Waals surface area contributed by atoms with Crippen molar-refractivity contribution in [3.63, 3.8) is 0 Å². The molecule has 2 aliphatic heterocycles. The largest absolute Gasteiger partial charge is 0.339 e. The number of carbonyl (C=O) groups is 2. The molecular formula is C19H28ClN3O2. The van der Waals surface area contributed by atoms with Crippen LogP contribution in [0, 0.1) is 5.92 Å². The van der Waals surface area contributed by atoms with Crippen molar-refractivity contribution in [2.24, 2.45) is 11.7 Å². The minimum Gasteiger partial charge on any atom is -0.339 e. The number of nitrogens with two attached hydrogens (primary N) is 1. The Morgan fingerprint density at radius 3 is 2.56 bits per heavy atom. The fraction of sp³-hybridized carbons (Fsp3) is 0.579. The maximum atomic E-state index is 13.1. The third-order valence-electron chi connectivity index (χ3n) is 5.39. The summed E-state index contributed by atoms with van der Waals surface area (Å²) in [5.74, 6) is 0.0642. The van der Waals surface area contributed by atoms with Crippen LogP contribution in [0.4, 0.5) is 0 Å². The molecule has 2 aliphatic rings. The van der Waals surface area contributed by atoms with Gasteiger partial charge in [0.25, 0.3) is 0 Å². The third kappa shape index (κ3) is 3.98. The summed E-state index contributed by atoms with van der Waals surface area (Å²) < 4.78 is 0. The van der Waals surface area contributed by atoms with Gasteiger partial charge in [-0.25, -0.2) is 0 Å². The van der Waals surface area contributed by atoms with E-state index in [0.29, 0.717) is 26.1 Å². The molecule has 0 aromatic heterocycles. The van der Waals surface area contributed by atoms with Crippen molar-refractivity contribution in [2.45, 2.75) is 51.7 Å². The molecule has 0 bridgehead atoms. The zero-order valence-corrected chi connectivity index (χ0v) is 15.8. The molecule has 25 heavy (non-hydrogen) atoms. The van der Waals surface area contributed by atoms with E-state index in [-0.39, 0.29) is 36.2 Å². The molecule has 2 unspecified atom stereocenters. The Balaban J connectivity index is 0.00000225. The summed E-state index contributed by atoms with van der Waals surface area (Å²) in [5, 5.41) is 0. The summed E-state index contributed by atoms with van der Waals surface area (Å²) in [7, 11) is 0. The Kier molecular flexibility index (Phi) is 6.47. The van der Waals surface area contributed by atoms with Gasteiger partial charge >= 0.3 is 0 Å². The lowest BCUT2D eigenvalue weighted by atomic mass is 9.91. The number of benzene rings is 1. The second-order valence-electron chi connectivity index (χ2n) is 7.10. The van der Waals surface area contributed by atoms with E-state index in [2.05, 4.69) is 12.1 Å². The van der Waals surface area contributed by atoms with Crippen molar-refractivity contribution in [1.29, 1.82) is 0 Å². The van der Waals surface area contributed by atoms with Gasteiger partial charge in [0, 0.05) is 38.0 Å². The molecule has 3 atom stereocenters. The lowest BCUT2D eigenvalue weighted by Crippen LogP contribution is -2.54. The Labute approximate surface area is 155 Å². The van der Waals surface area contributed by atoms with Crippen LogP contribution in [-0.4, -0.2) is 46.8 Å². The summed E-state index contributed by atoms with van der Waals surface area (Å²) >= 11 is 0. The Bertz CT molecular complexity index is 637. The van der Waals surface area contributed by atoms with E-state index in [1.54, 1.807) is 4.90 Å². The minimum absolute atomic E-state index is 0. The summed E-state index contributed by atoms with van der Waals surface area (Å²) in [6.07, 6.45) is 2.23. The van der Waals surface area contributed by atoms with Crippen LogP contribution in [-0.2, 0) is 22.6 Å². The van der Waals surface area contributed by atoms with Gasteiger partial charge in [-0.2, -0.15) is 0 Å². The predicted molar refractivity (Wildman–Crippen MR) is 100 cm³/mol. The monoisotopic (exact) mass is 365 g/mol. The topological polar surface area (TPSA) is 66.6 Å². The van der Waals surface area contributed by atoms with Crippen molar-refractivity contribution in [3.05, 3.63) is 35.4 Å². The van der Waals surface area contributed by atoms with Gasteiger partial charge in [-0.05, 0) is 24.0 Å². The molecule has 1 fully saturated rings. The average Bonchev–Trinajstić information content (AvgIpc) is 3.05. The van der Waals surface area contributed by atoms with E-state index in [9.17, 15) is 9.59 Å². The van der Waals surface area contributed by atoms with Crippen molar-refractivity contribution in [2.75, 3.05) is 13.1 Å². The van der Waals surface area contributed by atoms with Crippen LogP contribution >= 0.6 is 12.4 Å². The highest BCUT2D eigenvalue weighted by Crippen LogP contribution is 2.27. The fourth-order valence-corrected chi connectivity index (χ4v) is 3.63. The van der Waals surface area contributed by atoms with Crippen LogP contribution in [0.15, 0.2) is 24.3 Å². The first kappa shape index (κ1) is 19.7. The van der Waals surface area contributed by atoms with Crippen molar-refractivity contribution in [1.82, 2.24) is 9.80 Å². The molecule has 2 N–H and O–H groups in total. The minimum atomic E-state index is -0.397. The number of likely N-dealkylation sites (tertiary alicyclic amines) is 1. The number of hydrogen-bond donors (Lipinski definition) is 1. The standard InChI is InChI=1S/C19H27N3O2.ClH/c1-3-13(2)18(23)22-11-15-7-5-4-6-14(15)10-17(22)19(24)21-9-8-16(20)12-21;/h4-7,13,16-17H,3,8-12,20H2,1-2H3;1H/t13?,16-,17?;/m1./s1. The summed E-state index contributed by atoms with van der Waals surface area (Å²) in [5.41, 5.74) is 8.28. The molecule has 1 saturated heterocycles. The van der Waals surface area contributed by atoms with E-state index in [0.717, 1.165) is 18.4 Å². The molecule has 5 nitrogen and oxygen atoms in total. The molecule has 1 aromatic carbocycles. The SMILES string of the molecule is CCC(C)C(=O)N1Cc2ccccc2CC1C(=O)N1CC[C@@H](N)C1.Cl. The second kappa shape index (κ2) is 8.19. The molecular weight excluding hydrogens is 338 g/mol. The lowest BCUT2D eigenvalue weighted by molar-refractivity contribution is -0.148. The van der Waals surface area contributed by atoms with Gasteiger partial charge in [0.15, 0.2) is 0 Å². The maximum absolute atomic E-state index is 13.1. The highest BCUT2D eigenvalue weighted by Gasteiger charge is 2.39. The van der Waals surface area contributed by atoms with Crippen LogP contribution in [0.5, 0.6) is 0 Å². The molecule has 0 saturated carbocycles. The average molecular weight is 366 g/mol. The van der Waals surface area contributed by atoms with Crippen LogP contribution in [0.3, 0.4) is 0 Å². The van der Waals surface area contributed by atoms with Crippen LogP contribution in [0.2, 0.25) is 0 Å². The maximum Gasteiger partial charge on any atom is 0.245 e. The molecule has 0 spiro atoms. The number of fused-ring (bicyclic) bond motifs is 1. The molecule has 2 amide bonds. The third-order valence-corrected chi connectivity index (χ3v) is 5.39. The summed E-state index contributed by atoms with van der Waals surface area (Å²) in [4.78, 5) is 29.5. The van der Waals surface area contributed by atoms with Crippen LogP contribution < -0.4 is 5.73 Å². The molecule has 0 radical (unpaired) electrons. The Morgan fingerprint density at radius 2 is 1.96 bits per heavy atom. The number of rotatable bonds is 3. The first-order valence-electron chi connectivity index (χ1n) is 8.92. The Hall–Kier alpha value is -1.59. The lowest BCUT2D eigenvalue weighted by Gasteiger charge is -2.39. The zero-order valence-electron chi connectivity index (χ0n) is 15.0. The highest BCUT2D eigenvalue weighted by molar-refractivity contribution is 5.89. The molecule has 1 aromatic rings. The molecule has 3 rings (SSSR count). The van der Waals surface area contributed by atoms with Gasteiger partial charge in [0.05, 0.1) is 0 Å². The normalized spacial score (nSPS) is 23.6. The van der Waals surface area contributed by atoms with Gasteiger partial charge in [-0.1, -0.05) is 38.1 Å². The van der Waals surface area contributed by atoms with E-state index in [1.165, 1.54) is 5.56 Å².